The summed E-state index contributed by atoms with van der Waals surface area (Å²) < 4.78 is 22.5. The minimum atomic E-state index is -0.931. The van der Waals surface area contributed by atoms with Crippen LogP contribution >= 0.6 is 0 Å². The van der Waals surface area contributed by atoms with E-state index >= 15 is 0 Å². The molecule has 246 valence electrons. The van der Waals surface area contributed by atoms with E-state index in [9.17, 15) is 14.4 Å². The standard InChI is InChI=1S/C32H41N7O7/c1-20-19-43-17-16-38(20)27-34-25(35-28(36-27)44-23-13-10-21(11-14-23)26(40)37(8)9)22-12-15-24(33-18-22)39(29(41)45-31(2,3)4)30(42)46-32(5,6)7/h10-15,18,20H,16-17,19H2,1-9H3/t20-/m0/s1. The highest BCUT2D eigenvalue weighted by molar-refractivity contribution is 6.08. The Hall–Kier alpha value is -4.85. The molecule has 2 aromatic heterocycles. The third-order valence-corrected chi connectivity index (χ3v) is 6.33. The Balaban J connectivity index is 1.69. The molecule has 1 saturated heterocycles. The number of hydrogen-bond acceptors (Lipinski definition) is 12. The van der Waals surface area contributed by atoms with Gasteiger partial charge in [-0.15, -0.1) is 0 Å². The number of pyridine rings is 1. The van der Waals surface area contributed by atoms with E-state index in [0.717, 1.165) is 4.90 Å². The number of imide groups is 1. The van der Waals surface area contributed by atoms with Crippen LogP contribution in [-0.2, 0) is 14.2 Å². The number of amides is 3. The van der Waals surface area contributed by atoms with Gasteiger partial charge in [0.25, 0.3) is 5.91 Å². The Bertz CT molecular complexity index is 1520. The summed E-state index contributed by atoms with van der Waals surface area (Å²) in [5.74, 6) is 0.909. The van der Waals surface area contributed by atoms with Crippen molar-refractivity contribution in [2.24, 2.45) is 0 Å². The lowest BCUT2D eigenvalue weighted by Crippen LogP contribution is -2.44. The van der Waals surface area contributed by atoms with Gasteiger partial charge in [-0.25, -0.2) is 14.6 Å². The summed E-state index contributed by atoms with van der Waals surface area (Å²) in [6, 6.07) is 9.76. The second-order valence-electron chi connectivity index (χ2n) is 12.9. The first-order chi connectivity index (χ1) is 21.5. The van der Waals surface area contributed by atoms with Crippen molar-refractivity contribution in [3.8, 4) is 23.1 Å². The van der Waals surface area contributed by atoms with E-state index in [1.54, 1.807) is 86.0 Å². The van der Waals surface area contributed by atoms with Crippen molar-refractivity contribution in [3.63, 3.8) is 0 Å². The van der Waals surface area contributed by atoms with E-state index in [1.807, 2.05) is 11.8 Å². The normalized spacial score (nSPS) is 15.2. The smallest absolute Gasteiger partial charge is 0.425 e. The van der Waals surface area contributed by atoms with Gasteiger partial charge in [-0.3, -0.25) is 4.79 Å². The lowest BCUT2D eigenvalue weighted by atomic mass is 10.2. The van der Waals surface area contributed by atoms with Crippen molar-refractivity contribution < 1.29 is 33.3 Å². The molecule has 3 aromatic rings. The van der Waals surface area contributed by atoms with Crippen LogP contribution in [-0.4, -0.2) is 94.0 Å². The molecular formula is C32H41N7O7. The highest BCUT2D eigenvalue weighted by atomic mass is 16.6. The third kappa shape index (κ3) is 8.87. The molecule has 4 rings (SSSR count). The zero-order valence-corrected chi connectivity index (χ0v) is 27.7. The number of rotatable bonds is 6. The largest absolute Gasteiger partial charge is 0.443 e. The van der Waals surface area contributed by atoms with Crippen LogP contribution in [0.2, 0.25) is 0 Å². The van der Waals surface area contributed by atoms with Crippen LogP contribution in [0.4, 0.5) is 21.4 Å². The number of ether oxygens (including phenoxy) is 4. The average Bonchev–Trinajstić information content (AvgIpc) is 2.96. The number of carbonyl (C=O) groups excluding carboxylic acids is 3. The number of morpholine rings is 1. The number of hydrogen-bond donors (Lipinski definition) is 0. The lowest BCUT2D eigenvalue weighted by molar-refractivity contribution is 0.0428. The number of nitrogens with zero attached hydrogens (tertiary/aromatic N) is 7. The fourth-order valence-corrected chi connectivity index (χ4v) is 4.23. The van der Waals surface area contributed by atoms with E-state index in [2.05, 4.69) is 15.0 Å². The summed E-state index contributed by atoms with van der Waals surface area (Å²) >= 11 is 0. The topological polar surface area (TPSA) is 149 Å². The quantitative estimate of drug-likeness (QED) is 0.345. The Morgan fingerprint density at radius 2 is 1.52 bits per heavy atom. The first kappa shape index (κ1) is 34.0. The summed E-state index contributed by atoms with van der Waals surface area (Å²) in [6.07, 6.45) is -0.427. The van der Waals surface area contributed by atoms with Crippen LogP contribution in [0, 0.1) is 0 Å². The Kier molecular flexibility index (Phi) is 10.1. The van der Waals surface area contributed by atoms with E-state index in [-0.39, 0.29) is 29.6 Å². The SMILES string of the molecule is C[C@H]1COCCN1c1nc(Oc2ccc(C(=O)N(C)C)cc2)nc(-c2ccc(N(C(=O)OC(C)(C)C)C(=O)OC(C)(C)C)nc2)n1. The van der Waals surface area contributed by atoms with Gasteiger partial charge in [-0.1, -0.05) is 0 Å². The Morgan fingerprint density at radius 1 is 0.891 bits per heavy atom. The molecule has 0 aliphatic carbocycles. The summed E-state index contributed by atoms with van der Waals surface area (Å²) in [7, 11) is 3.36. The maximum Gasteiger partial charge on any atom is 0.425 e. The molecule has 1 aromatic carbocycles. The van der Waals surface area contributed by atoms with Gasteiger partial charge in [-0.2, -0.15) is 19.9 Å². The molecule has 46 heavy (non-hydrogen) atoms. The number of benzene rings is 1. The number of anilines is 2. The zero-order chi connectivity index (χ0) is 33.8. The molecule has 0 saturated carbocycles. The molecule has 3 heterocycles. The van der Waals surface area contributed by atoms with E-state index in [0.29, 0.717) is 42.6 Å². The molecule has 14 heteroatoms. The first-order valence-electron chi connectivity index (χ1n) is 14.8. The number of carbonyl (C=O) groups is 3. The predicted octanol–water partition coefficient (Wildman–Crippen LogP) is 5.33. The van der Waals surface area contributed by atoms with Gasteiger partial charge in [0, 0.05) is 38.0 Å². The van der Waals surface area contributed by atoms with Crippen molar-refractivity contribution in [2.45, 2.75) is 65.7 Å². The van der Waals surface area contributed by atoms with Crippen LogP contribution in [0.5, 0.6) is 11.8 Å². The molecule has 0 spiro atoms. The van der Waals surface area contributed by atoms with Gasteiger partial charge in [0.2, 0.25) is 5.95 Å². The highest BCUT2D eigenvalue weighted by Crippen LogP contribution is 2.28. The zero-order valence-electron chi connectivity index (χ0n) is 27.7. The summed E-state index contributed by atoms with van der Waals surface area (Å²) in [4.78, 5) is 60.9. The van der Waals surface area contributed by atoms with Crippen molar-refractivity contribution in [1.29, 1.82) is 0 Å². The van der Waals surface area contributed by atoms with Crippen molar-refractivity contribution in [1.82, 2.24) is 24.8 Å². The second-order valence-corrected chi connectivity index (χ2v) is 12.9. The van der Waals surface area contributed by atoms with Gasteiger partial charge < -0.3 is 28.7 Å². The predicted molar refractivity (Wildman–Crippen MR) is 170 cm³/mol. The molecule has 1 aliphatic rings. The van der Waals surface area contributed by atoms with E-state index in [4.69, 9.17) is 23.9 Å². The van der Waals surface area contributed by atoms with Gasteiger partial charge >= 0.3 is 18.2 Å². The summed E-state index contributed by atoms with van der Waals surface area (Å²) in [5.41, 5.74) is -0.755. The van der Waals surface area contributed by atoms with Gasteiger partial charge in [0.1, 0.15) is 22.8 Å². The van der Waals surface area contributed by atoms with Crippen LogP contribution in [0.1, 0.15) is 58.8 Å². The third-order valence-electron chi connectivity index (χ3n) is 6.33. The lowest BCUT2D eigenvalue weighted by Gasteiger charge is -2.33. The summed E-state index contributed by atoms with van der Waals surface area (Å²) in [5, 5.41) is 0. The van der Waals surface area contributed by atoms with E-state index < -0.39 is 23.4 Å². The fraction of sp³-hybridized carbons (Fsp3) is 0.469. The Morgan fingerprint density at radius 3 is 2.04 bits per heavy atom. The molecular weight excluding hydrogens is 594 g/mol. The molecule has 1 fully saturated rings. The Labute approximate surface area is 268 Å². The van der Waals surface area contributed by atoms with Crippen molar-refractivity contribution in [2.75, 3.05) is 43.7 Å². The molecule has 0 unspecified atom stereocenters. The number of aromatic nitrogens is 4. The van der Waals surface area contributed by atoms with Crippen LogP contribution in [0.25, 0.3) is 11.4 Å². The van der Waals surface area contributed by atoms with Crippen LogP contribution < -0.4 is 14.5 Å². The maximum absolute atomic E-state index is 13.1. The molecule has 1 atom stereocenters. The van der Waals surface area contributed by atoms with Crippen molar-refractivity contribution >= 4 is 29.9 Å². The second kappa shape index (κ2) is 13.6. The highest BCUT2D eigenvalue weighted by Gasteiger charge is 2.33. The fourth-order valence-electron chi connectivity index (χ4n) is 4.23. The van der Waals surface area contributed by atoms with Crippen LogP contribution in [0.15, 0.2) is 42.6 Å². The van der Waals surface area contributed by atoms with Gasteiger partial charge in [0.05, 0.1) is 19.3 Å². The first-order valence-corrected chi connectivity index (χ1v) is 14.8. The van der Waals surface area contributed by atoms with Gasteiger partial charge in [0.15, 0.2) is 5.82 Å². The molecule has 14 nitrogen and oxygen atoms in total. The minimum Gasteiger partial charge on any atom is -0.443 e. The molecule has 0 bridgehead atoms. The summed E-state index contributed by atoms with van der Waals surface area (Å²) in [6.45, 7) is 13.7. The maximum atomic E-state index is 13.1. The molecule has 0 radical (unpaired) electrons. The van der Waals surface area contributed by atoms with Crippen molar-refractivity contribution in [3.05, 3.63) is 48.2 Å². The minimum absolute atomic E-state index is 0.00725. The van der Waals surface area contributed by atoms with Gasteiger partial charge in [-0.05, 0) is 84.9 Å². The van der Waals surface area contributed by atoms with Crippen LogP contribution in [0.3, 0.4) is 0 Å². The monoisotopic (exact) mass is 635 g/mol. The molecule has 1 aliphatic heterocycles. The molecule has 0 N–H and O–H groups in total. The van der Waals surface area contributed by atoms with E-state index in [1.165, 1.54) is 17.2 Å². The molecule has 3 amide bonds. The average molecular weight is 636 g/mol.